The van der Waals surface area contributed by atoms with Crippen molar-refractivity contribution in [1.29, 1.82) is 0 Å². The van der Waals surface area contributed by atoms with Crippen LogP contribution in [0.2, 0.25) is 0 Å². The van der Waals surface area contributed by atoms with Crippen LogP contribution < -0.4 is 4.72 Å². The number of nitrogens with zero attached hydrogens (tertiary/aromatic N) is 2. The third-order valence-corrected chi connectivity index (χ3v) is 6.08. The van der Waals surface area contributed by atoms with Gasteiger partial charge in [0, 0.05) is 31.4 Å². The number of imidazole rings is 1. The van der Waals surface area contributed by atoms with Crippen molar-refractivity contribution >= 4 is 10.0 Å². The molecule has 134 valence electrons. The van der Waals surface area contributed by atoms with Gasteiger partial charge in [0.2, 0.25) is 10.0 Å². The van der Waals surface area contributed by atoms with Crippen molar-refractivity contribution in [2.45, 2.75) is 30.2 Å². The van der Waals surface area contributed by atoms with Crippen LogP contribution in [0.1, 0.15) is 24.6 Å². The first-order chi connectivity index (χ1) is 12.6. The third kappa shape index (κ3) is 3.71. The van der Waals surface area contributed by atoms with E-state index in [1.807, 2.05) is 53.2 Å². The molecular formula is C20H21N3O2S. The number of hydrogen-bond acceptors (Lipinski definition) is 3. The van der Waals surface area contributed by atoms with E-state index in [9.17, 15) is 8.42 Å². The van der Waals surface area contributed by atoms with Gasteiger partial charge in [0.05, 0.1) is 4.90 Å². The van der Waals surface area contributed by atoms with Crippen molar-refractivity contribution in [2.75, 3.05) is 6.54 Å². The van der Waals surface area contributed by atoms with E-state index < -0.39 is 10.0 Å². The van der Waals surface area contributed by atoms with Gasteiger partial charge in [-0.3, -0.25) is 0 Å². The topological polar surface area (TPSA) is 64.0 Å². The summed E-state index contributed by atoms with van der Waals surface area (Å²) in [6.07, 6.45) is 6.05. The molecule has 0 aliphatic heterocycles. The Labute approximate surface area is 153 Å². The minimum atomic E-state index is -3.51. The number of aromatic nitrogens is 2. The number of sulfonamides is 1. The highest BCUT2D eigenvalue weighted by Gasteiger charge is 2.27. The second-order valence-electron chi connectivity index (χ2n) is 6.54. The van der Waals surface area contributed by atoms with Gasteiger partial charge < -0.3 is 4.57 Å². The quantitative estimate of drug-likeness (QED) is 0.696. The van der Waals surface area contributed by atoms with Crippen molar-refractivity contribution in [3.63, 3.8) is 0 Å². The largest absolute Gasteiger partial charge is 0.333 e. The summed E-state index contributed by atoms with van der Waals surface area (Å²) >= 11 is 0. The molecule has 1 saturated carbocycles. The molecule has 2 aromatic carbocycles. The standard InChI is InChI=1S/C20H21N3O2S/c24-26(25,22-13-15-23-14-12-21-20(23)18-6-7-18)19-10-8-17(9-11-19)16-4-2-1-3-5-16/h1-5,8-12,14,18,22H,6-7,13,15H2. The second-order valence-corrected chi connectivity index (χ2v) is 8.31. The molecule has 1 N–H and O–H groups in total. The maximum atomic E-state index is 12.5. The van der Waals surface area contributed by atoms with E-state index in [0.29, 0.717) is 19.0 Å². The van der Waals surface area contributed by atoms with Gasteiger partial charge in [0.25, 0.3) is 0 Å². The lowest BCUT2D eigenvalue weighted by atomic mass is 10.1. The van der Waals surface area contributed by atoms with Crippen molar-refractivity contribution in [2.24, 2.45) is 0 Å². The molecule has 0 spiro atoms. The SMILES string of the molecule is O=S(=O)(NCCn1ccnc1C1CC1)c1ccc(-c2ccccc2)cc1. The van der Waals surface area contributed by atoms with E-state index in [-0.39, 0.29) is 4.90 Å². The van der Waals surface area contributed by atoms with E-state index in [0.717, 1.165) is 17.0 Å². The third-order valence-electron chi connectivity index (χ3n) is 4.61. The molecule has 0 radical (unpaired) electrons. The molecule has 4 rings (SSSR count). The molecule has 0 bridgehead atoms. The van der Waals surface area contributed by atoms with Crippen LogP contribution in [0.3, 0.4) is 0 Å². The highest BCUT2D eigenvalue weighted by atomic mass is 32.2. The highest BCUT2D eigenvalue weighted by molar-refractivity contribution is 7.89. The summed E-state index contributed by atoms with van der Waals surface area (Å²) < 4.78 is 29.7. The van der Waals surface area contributed by atoms with Gasteiger partial charge in [-0.2, -0.15) is 0 Å². The van der Waals surface area contributed by atoms with E-state index in [4.69, 9.17) is 0 Å². The molecule has 0 saturated heterocycles. The molecule has 1 aliphatic carbocycles. The molecule has 5 nitrogen and oxygen atoms in total. The number of benzene rings is 2. The van der Waals surface area contributed by atoms with Gasteiger partial charge in [0.15, 0.2) is 0 Å². The second kappa shape index (κ2) is 7.05. The smallest absolute Gasteiger partial charge is 0.240 e. The normalized spacial score (nSPS) is 14.5. The minimum Gasteiger partial charge on any atom is -0.333 e. The Morgan fingerprint density at radius 1 is 1.00 bits per heavy atom. The predicted molar refractivity (Wildman–Crippen MR) is 101 cm³/mol. The molecule has 1 aromatic heterocycles. The fourth-order valence-electron chi connectivity index (χ4n) is 3.05. The van der Waals surface area contributed by atoms with Crippen molar-refractivity contribution in [1.82, 2.24) is 14.3 Å². The van der Waals surface area contributed by atoms with Gasteiger partial charge in [-0.05, 0) is 36.1 Å². The molecular weight excluding hydrogens is 346 g/mol. The van der Waals surface area contributed by atoms with Crippen LogP contribution in [0.5, 0.6) is 0 Å². The summed E-state index contributed by atoms with van der Waals surface area (Å²) in [4.78, 5) is 4.66. The van der Waals surface area contributed by atoms with Crippen molar-refractivity contribution in [3.8, 4) is 11.1 Å². The summed E-state index contributed by atoms with van der Waals surface area (Å²) in [7, 11) is -3.51. The van der Waals surface area contributed by atoms with Gasteiger partial charge in [-0.15, -0.1) is 0 Å². The zero-order chi connectivity index (χ0) is 18.0. The van der Waals surface area contributed by atoms with E-state index in [1.54, 1.807) is 18.3 Å². The van der Waals surface area contributed by atoms with Gasteiger partial charge in [-0.25, -0.2) is 18.1 Å². The Kier molecular flexibility index (Phi) is 4.61. The zero-order valence-corrected chi connectivity index (χ0v) is 15.2. The molecule has 6 heteroatoms. The molecule has 1 fully saturated rings. The van der Waals surface area contributed by atoms with Crippen LogP contribution in [0, 0.1) is 0 Å². The van der Waals surface area contributed by atoms with Gasteiger partial charge in [0.1, 0.15) is 5.82 Å². The van der Waals surface area contributed by atoms with Crippen LogP contribution in [-0.4, -0.2) is 24.5 Å². The fraction of sp³-hybridized carbons (Fsp3) is 0.250. The monoisotopic (exact) mass is 367 g/mol. The Balaban J connectivity index is 1.40. The summed E-state index contributed by atoms with van der Waals surface area (Å²) in [6, 6.07) is 16.9. The van der Waals surface area contributed by atoms with Crippen LogP contribution in [-0.2, 0) is 16.6 Å². The molecule has 0 amide bonds. The Hall–Kier alpha value is -2.44. The molecule has 0 unspecified atom stereocenters. The van der Waals surface area contributed by atoms with Gasteiger partial charge >= 0.3 is 0 Å². The molecule has 26 heavy (non-hydrogen) atoms. The van der Waals surface area contributed by atoms with Crippen molar-refractivity contribution in [3.05, 3.63) is 72.8 Å². The van der Waals surface area contributed by atoms with Gasteiger partial charge in [-0.1, -0.05) is 42.5 Å². The number of nitrogens with one attached hydrogen (secondary N) is 1. The zero-order valence-electron chi connectivity index (χ0n) is 14.4. The van der Waals surface area contributed by atoms with Crippen LogP contribution in [0.15, 0.2) is 71.9 Å². The first-order valence-corrected chi connectivity index (χ1v) is 10.3. The summed E-state index contributed by atoms with van der Waals surface area (Å²) in [6.45, 7) is 0.937. The van der Waals surface area contributed by atoms with Crippen molar-refractivity contribution < 1.29 is 8.42 Å². The average molecular weight is 367 g/mol. The van der Waals surface area contributed by atoms with E-state index in [1.165, 1.54) is 12.8 Å². The van der Waals surface area contributed by atoms with E-state index in [2.05, 4.69) is 9.71 Å². The Morgan fingerprint density at radius 3 is 2.38 bits per heavy atom. The summed E-state index contributed by atoms with van der Waals surface area (Å²) in [5.41, 5.74) is 2.06. The average Bonchev–Trinajstić information content (AvgIpc) is 3.41. The van der Waals surface area contributed by atoms with Crippen LogP contribution in [0.4, 0.5) is 0 Å². The maximum absolute atomic E-state index is 12.5. The fourth-order valence-corrected chi connectivity index (χ4v) is 4.07. The maximum Gasteiger partial charge on any atom is 0.240 e. The lowest BCUT2D eigenvalue weighted by molar-refractivity contribution is 0.569. The first kappa shape index (κ1) is 17.0. The summed E-state index contributed by atoms with van der Waals surface area (Å²) in [5, 5.41) is 0. The molecule has 1 aliphatic rings. The molecule has 1 heterocycles. The molecule has 3 aromatic rings. The lowest BCUT2D eigenvalue weighted by Crippen LogP contribution is -2.27. The first-order valence-electron chi connectivity index (χ1n) is 8.80. The predicted octanol–water partition coefficient (Wildman–Crippen LogP) is 3.41. The highest BCUT2D eigenvalue weighted by Crippen LogP contribution is 2.38. The van der Waals surface area contributed by atoms with Crippen LogP contribution in [0.25, 0.3) is 11.1 Å². The number of rotatable bonds is 7. The Morgan fingerprint density at radius 2 is 1.69 bits per heavy atom. The van der Waals surface area contributed by atoms with Crippen LogP contribution >= 0.6 is 0 Å². The van der Waals surface area contributed by atoms with E-state index >= 15 is 0 Å². The molecule has 0 atom stereocenters. The summed E-state index contributed by atoms with van der Waals surface area (Å²) in [5.74, 6) is 1.61. The number of hydrogen-bond donors (Lipinski definition) is 1. The minimum absolute atomic E-state index is 0.283. The Bertz CT molecular complexity index is 975. The lowest BCUT2D eigenvalue weighted by Gasteiger charge is -2.10.